The lowest BCUT2D eigenvalue weighted by molar-refractivity contribution is -0.145. The summed E-state index contributed by atoms with van der Waals surface area (Å²) in [6.07, 6.45) is 4.05. The Morgan fingerprint density at radius 1 is 1.14 bits per heavy atom. The molecule has 9 heteroatoms. The molecule has 198 valence electrons. The predicted octanol–water partition coefficient (Wildman–Crippen LogP) is 2.48. The van der Waals surface area contributed by atoms with Crippen LogP contribution in [0, 0.1) is 11.8 Å². The standard InChI is InChI=1S/C27H39N3O6/c1-4-6-15-28-24(33)22-27-14-13-26(3,36-27)20(21(27)25(34)30(22)16-7-8-17-31)23(32)29-18-9-11-19(12-10-18)35-5-2/h9-12,20-22,31H,4-8,13-17H2,1-3H3,(H,28,33)(H,29,32)/t20-,21-,22?,26+,27?/m0/s1. The topological polar surface area (TPSA) is 117 Å². The highest BCUT2D eigenvalue weighted by molar-refractivity contribution is 6.02. The molecule has 1 spiro atoms. The molecular weight excluding hydrogens is 462 g/mol. The summed E-state index contributed by atoms with van der Waals surface area (Å²) in [5.74, 6) is -1.43. The Morgan fingerprint density at radius 3 is 2.56 bits per heavy atom. The zero-order valence-electron chi connectivity index (χ0n) is 21.5. The SMILES string of the molecule is CCCCNC(=O)C1N(CCCCO)C(=O)[C@@H]2[C@@H](C(=O)Nc3ccc(OCC)cc3)[C@@]3(C)CCC12O3. The number of aliphatic hydroxyl groups excluding tert-OH is 1. The number of benzene rings is 1. The summed E-state index contributed by atoms with van der Waals surface area (Å²) < 4.78 is 12.1. The Bertz CT molecular complexity index is 969. The van der Waals surface area contributed by atoms with E-state index in [9.17, 15) is 19.5 Å². The van der Waals surface area contributed by atoms with E-state index in [0.717, 1.165) is 12.8 Å². The number of aliphatic hydroxyl groups is 1. The van der Waals surface area contributed by atoms with Gasteiger partial charge in [-0.3, -0.25) is 14.4 Å². The first-order valence-corrected chi connectivity index (χ1v) is 13.2. The van der Waals surface area contributed by atoms with E-state index < -0.39 is 29.1 Å². The number of carbonyl (C=O) groups excluding carboxylic acids is 3. The van der Waals surface area contributed by atoms with Gasteiger partial charge in [-0.2, -0.15) is 0 Å². The van der Waals surface area contributed by atoms with E-state index in [1.807, 2.05) is 13.8 Å². The quantitative estimate of drug-likeness (QED) is 0.379. The van der Waals surface area contributed by atoms with E-state index in [1.165, 1.54) is 0 Å². The van der Waals surface area contributed by atoms with E-state index >= 15 is 0 Å². The lowest BCUT2D eigenvalue weighted by Crippen LogP contribution is -2.55. The summed E-state index contributed by atoms with van der Waals surface area (Å²) in [6.45, 7) is 7.30. The third-order valence-electron chi connectivity index (χ3n) is 7.88. The third-order valence-corrected chi connectivity index (χ3v) is 7.88. The number of amides is 3. The highest BCUT2D eigenvalue weighted by Crippen LogP contribution is 2.63. The minimum atomic E-state index is -1.03. The van der Waals surface area contributed by atoms with Gasteiger partial charge in [-0.1, -0.05) is 13.3 Å². The molecule has 0 saturated carbocycles. The number of nitrogens with zero attached hydrogens (tertiary/aromatic N) is 1. The number of ether oxygens (including phenoxy) is 2. The molecule has 2 bridgehead atoms. The number of likely N-dealkylation sites (tertiary alicyclic amines) is 1. The Labute approximate surface area is 212 Å². The zero-order chi connectivity index (χ0) is 25.9. The van der Waals surface area contributed by atoms with Crippen molar-refractivity contribution in [2.75, 3.05) is 31.6 Å². The van der Waals surface area contributed by atoms with Crippen LogP contribution >= 0.6 is 0 Å². The molecule has 1 aromatic carbocycles. The fourth-order valence-electron chi connectivity index (χ4n) is 6.27. The van der Waals surface area contributed by atoms with Crippen LogP contribution in [-0.4, -0.2) is 71.3 Å². The highest BCUT2D eigenvalue weighted by atomic mass is 16.5. The Balaban J connectivity index is 1.60. The summed E-state index contributed by atoms with van der Waals surface area (Å²) in [7, 11) is 0. The highest BCUT2D eigenvalue weighted by Gasteiger charge is 2.77. The van der Waals surface area contributed by atoms with Crippen LogP contribution < -0.4 is 15.4 Å². The number of carbonyl (C=O) groups is 3. The number of unbranched alkanes of at least 4 members (excludes halogenated alkanes) is 2. The van der Waals surface area contributed by atoms with Crippen LogP contribution in [0.4, 0.5) is 5.69 Å². The summed E-state index contributed by atoms with van der Waals surface area (Å²) >= 11 is 0. The number of hydrogen-bond donors (Lipinski definition) is 3. The fraction of sp³-hybridized carbons (Fsp3) is 0.667. The second-order valence-corrected chi connectivity index (χ2v) is 10.3. The largest absolute Gasteiger partial charge is 0.494 e. The van der Waals surface area contributed by atoms with E-state index in [1.54, 1.807) is 29.2 Å². The monoisotopic (exact) mass is 501 g/mol. The number of fused-ring (bicyclic) bond motifs is 1. The van der Waals surface area contributed by atoms with Gasteiger partial charge in [0.15, 0.2) is 0 Å². The summed E-state index contributed by atoms with van der Waals surface area (Å²) in [5, 5.41) is 15.2. The number of nitrogens with one attached hydrogen (secondary N) is 2. The second kappa shape index (κ2) is 10.8. The van der Waals surface area contributed by atoms with Crippen molar-refractivity contribution < 1.29 is 29.0 Å². The van der Waals surface area contributed by atoms with Crippen LogP contribution in [0.1, 0.15) is 59.3 Å². The first-order chi connectivity index (χ1) is 17.3. The average molecular weight is 502 g/mol. The maximum Gasteiger partial charge on any atom is 0.245 e. The van der Waals surface area contributed by atoms with Crippen molar-refractivity contribution in [1.29, 1.82) is 0 Å². The van der Waals surface area contributed by atoms with Gasteiger partial charge in [-0.15, -0.1) is 0 Å². The van der Waals surface area contributed by atoms with E-state index in [0.29, 0.717) is 56.8 Å². The Hall–Kier alpha value is -2.65. The van der Waals surface area contributed by atoms with Crippen LogP contribution in [-0.2, 0) is 19.1 Å². The van der Waals surface area contributed by atoms with Crippen molar-refractivity contribution >= 4 is 23.4 Å². The lowest BCUT2D eigenvalue weighted by Gasteiger charge is -2.33. The number of anilines is 1. The van der Waals surface area contributed by atoms with E-state index in [2.05, 4.69) is 17.6 Å². The fourth-order valence-corrected chi connectivity index (χ4v) is 6.27. The molecule has 1 aromatic rings. The van der Waals surface area contributed by atoms with Crippen molar-refractivity contribution in [3.05, 3.63) is 24.3 Å². The number of rotatable bonds is 12. The van der Waals surface area contributed by atoms with Crippen LogP contribution in [0.15, 0.2) is 24.3 Å². The molecule has 3 fully saturated rings. The molecule has 3 heterocycles. The van der Waals surface area contributed by atoms with Crippen molar-refractivity contribution in [2.24, 2.45) is 11.8 Å². The first-order valence-electron chi connectivity index (χ1n) is 13.2. The molecule has 9 nitrogen and oxygen atoms in total. The van der Waals surface area contributed by atoms with Crippen LogP contribution in [0.25, 0.3) is 0 Å². The van der Waals surface area contributed by atoms with Gasteiger partial charge >= 0.3 is 0 Å². The minimum Gasteiger partial charge on any atom is -0.494 e. The van der Waals surface area contributed by atoms with Gasteiger partial charge in [0.1, 0.15) is 17.4 Å². The molecule has 3 aliphatic heterocycles. The van der Waals surface area contributed by atoms with Crippen molar-refractivity contribution in [1.82, 2.24) is 10.2 Å². The summed E-state index contributed by atoms with van der Waals surface area (Å²) in [5.41, 5.74) is -1.24. The van der Waals surface area contributed by atoms with E-state index in [4.69, 9.17) is 9.47 Å². The van der Waals surface area contributed by atoms with Crippen LogP contribution in [0.2, 0.25) is 0 Å². The van der Waals surface area contributed by atoms with Crippen molar-refractivity contribution in [3.63, 3.8) is 0 Å². The van der Waals surface area contributed by atoms with Gasteiger partial charge in [0.2, 0.25) is 17.7 Å². The molecular formula is C27H39N3O6. The van der Waals surface area contributed by atoms with Gasteiger partial charge in [0, 0.05) is 25.4 Å². The Kier molecular flexibility index (Phi) is 7.90. The van der Waals surface area contributed by atoms with Gasteiger partial charge in [-0.25, -0.2) is 0 Å². The molecule has 3 saturated heterocycles. The normalized spacial score (nSPS) is 30.4. The molecule has 0 aromatic heterocycles. The second-order valence-electron chi connectivity index (χ2n) is 10.3. The van der Waals surface area contributed by atoms with Crippen LogP contribution in [0.5, 0.6) is 5.75 Å². The van der Waals surface area contributed by atoms with Gasteiger partial charge < -0.3 is 30.1 Å². The third kappa shape index (κ3) is 4.59. The number of hydrogen-bond acceptors (Lipinski definition) is 6. The molecule has 0 aliphatic carbocycles. The minimum absolute atomic E-state index is 0.0195. The molecule has 5 atom stereocenters. The Morgan fingerprint density at radius 2 is 1.89 bits per heavy atom. The molecule has 36 heavy (non-hydrogen) atoms. The molecule has 2 unspecified atom stereocenters. The van der Waals surface area contributed by atoms with Gasteiger partial charge in [0.25, 0.3) is 0 Å². The van der Waals surface area contributed by atoms with E-state index in [-0.39, 0.29) is 24.3 Å². The molecule has 0 radical (unpaired) electrons. The maximum absolute atomic E-state index is 13.8. The summed E-state index contributed by atoms with van der Waals surface area (Å²) in [6, 6.07) is 6.35. The van der Waals surface area contributed by atoms with Gasteiger partial charge in [0.05, 0.1) is 24.0 Å². The molecule has 3 N–H and O–H groups in total. The first kappa shape index (κ1) is 26.4. The van der Waals surface area contributed by atoms with Crippen molar-refractivity contribution in [2.45, 2.75) is 76.5 Å². The average Bonchev–Trinajstić information content (AvgIpc) is 3.41. The lowest BCUT2D eigenvalue weighted by atomic mass is 9.66. The van der Waals surface area contributed by atoms with Crippen LogP contribution in [0.3, 0.4) is 0 Å². The van der Waals surface area contributed by atoms with Crippen molar-refractivity contribution in [3.8, 4) is 5.75 Å². The maximum atomic E-state index is 13.8. The zero-order valence-corrected chi connectivity index (χ0v) is 21.5. The molecule has 3 amide bonds. The predicted molar refractivity (Wildman–Crippen MR) is 134 cm³/mol. The van der Waals surface area contributed by atoms with Gasteiger partial charge in [-0.05, 0) is 70.2 Å². The molecule has 3 aliphatic rings. The smallest absolute Gasteiger partial charge is 0.245 e. The molecule has 4 rings (SSSR count). The summed E-state index contributed by atoms with van der Waals surface area (Å²) in [4.78, 5) is 42.5.